The molecular formula is C22H20ClFN2O2. The normalized spacial score (nSPS) is 10.8. The van der Waals surface area contributed by atoms with E-state index in [0.29, 0.717) is 23.9 Å². The van der Waals surface area contributed by atoms with Crippen LogP contribution in [0.5, 0.6) is 11.5 Å². The second-order valence-corrected chi connectivity index (χ2v) is 6.44. The maximum absolute atomic E-state index is 13.0. The highest BCUT2D eigenvalue weighted by Crippen LogP contribution is 2.23. The molecule has 3 aromatic carbocycles. The Balaban J connectivity index is 1.64. The minimum Gasteiger partial charge on any atom is -0.496 e. The number of hydrazone groups is 1. The van der Waals surface area contributed by atoms with E-state index in [9.17, 15) is 4.39 Å². The van der Waals surface area contributed by atoms with Crippen LogP contribution in [0.2, 0.25) is 5.02 Å². The van der Waals surface area contributed by atoms with Crippen molar-refractivity contribution in [2.24, 2.45) is 5.10 Å². The van der Waals surface area contributed by atoms with Gasteiger partial charge in [0.15, 0.2) is 0 Å². The Morgan fingerprint density at radius 1 is 1.04 bits per heavy atom. The van der Waals surface area contributed by atoms with Crippen LogP contribution in [0, 0.1) is 5.82 Å². The predicted octanol–water partition coefficient (Wildman–Crippen LogP) is 5.19. The van der Waals surface area contributed by atoms with Gasteiger partial charge in [0, 0.05) is 16.1 Å². The second-order valence-electron chi connectivity index (χ2n) is 6.00. The maximum Gasteiger partial charge on any atom is 0.128 e. The third-order valence-electron chi connectivity index (χ3n) is 4.04. The summed E-state index contributed by atoms with van der Waals surface area (Å²) in [7, 11) is 1.64. The Morgan fingerprint density at radius 2 is 1.82 bits per heavy atom. The third-order valence-corrected chi connectivity index (χ3v) is 4.27. The summed E-state index contributed by atoms with van der Waals surface area (Å²) in [6.45, 7) is 0.838. The average molecular weight is 399 g/mol. The first kappa shape index (κ1) is 19.7. The summed E-state index contributed by atoms with van der Waals surface area (Å²) in [4.78, 5) is 0. The zero-order valence-electron chi connectivity index (χ0n) is 15.4. The van der Waals surface area contributed by atoms with Crippen molar-refractivity contribution in [2.75, 3.05) is 7.11 Å². The Morgan fingerprint density at radius 3 is 2.61 bits per heavy atom. The van der Waals surface area contributed by atoms with Crippen LogP contribution in [0.4, 0.5) is 4.39 Å². The SMILES string of the molecule is COc1ccccc1CN/N=C/c1cc(Cl)ccc1OCc1ccc(F)cc1. The van der Waals surface area contributed by atoms with Gasteiger partial charge in [-0.3, -0.25) is 0 Å². The fraction of sp³-hybridized carbons (Fsp3) is 0.136. The summed E-state index contributed by atoms with van der Waals surface area (Å²) >= 11 is 6.10. The molecule has 3 rings (SSSR count). The fourth-order valence-electron chi connectivity index (χ4n) is 2.59. The van der Waals surface area contributed by atoms with Crippen LogP contribution in [0.3, 0.4) is 0 Å². The van der Waals surface area contributed by atoms with E-state index in [1.54, 1.807) is 43.7 Å². The molecule has 0 saturated carbocycles. The zero-order chi connectivity index (χ0) is 19.8. The van der Waals surface area contributed by atoms with Crippen LogP contribution in [0.25, 0.3) is 0 Å². The number of nitrogens with zero attached hydrogens (tertiary/aromatic N) is 1. The van der Waals surface area contributed by atoms with Crippen molar-refractivity contribution in [1.82, 2.24) is 5.43 Å². The van der Waals surface area contributed by atoms with E-state index in [4.69, 9.17) is 21.1 Å². The lowest BCUT2D eigenvalue weighted by atomic mass is 10.2. The van der Waals surface area contributed by atoms with Crippen LogP contribution < -0.4 is 14.9 Å². The van der Waals surface area contributed by atoms with Crippen LogP contribution in [-0.2, 0) is 13.2 Å². The highest BCUT2D eigenvalue weighted by Gasteiger charge is 2.05. The molecule has 0 bridgehead atoms. The van der Waals surface area contributed by atoms with Gasteiger partial charge in [0.25, 0.3) is 0 Å². The molecule has 0 aliphatic heterocycles. The highest BCUT2D eigenvalue weighted by atomic mass is 35.5. The molecular weight excluding hydrogens is 379 g/mol. The molecule has 0 saturated heterocycles. The predicted molar refractivity (Wildman–Crippen MR) is 110 cm³/mol. The summed E-state index contributed by atoms with van der Waals surface area (Å²) in [6, 6.07) is 19.2. The van der Waals surface area contributed by atoms with Gasteiger partial charge in [-0.15, -0.1) is 0 Å². The lowest BCUT2D eigenvalue weighted by molar-refractivity contribution is 0.305. The van der Waals surface area contributed by atoms with Gasteiger partial charge >= 0.3 is 0 Å². The molecule has 0 spiro atoms. The first-order valence-corrected chi connectivity index (χ1v) is 9.08. The Bertz CT molecular complexity index is 946. The van der Waals surface area contributed by atoms with Crippen molar-refractivity contribution in [1.29, 1.82) is 0 Å². The van der Waals surface area contributed by atoms with Crippen molar-refractivity contribution in [2.45, 2.75) is 13.2 Å². The van der Waals surface area contributed by atoms with Gasteiger partial charge in [-0.25, -0.2) is 4.39 Å². The first-order valence-electron chi connectivity index (χ1n) is 8.70. The second kappa shape index (κ2) is 9.76. The van der Waals surface area contributed by atoms with Crippen molar-refractivity contribution >= 4 is 17.8 Å². The standard InChI is InChI=1S/C22H20ClFN2O2/c1-27-21-5-3-2-4-17(21)13-25-26-14-18-12-19(23)8-11-22(18)28-15-16-6-9-20(24)10-7-16/h2-12,14,25H,13,15H2,1H3/b26-14+. The summed E-state index contributed by atoms with van der Waals surface area (Å²) < 4.78 is 24.2. The molecule has 0 aliphatic rings. The molecule has 0 heterocycles. The smallest absolute Gasteiger partial charge is 0.128 e. The van der Waals surface area contributed by atoms with E-state index in [2.05, 4.69) is 10.5 Å². The van der Waals surface area contributed by atoms with E-state index < -0.39 is 0 Å². The van der Waals surface area contributed by atoms with Gasteiger partial charge in [0.05, 0.1) is 19.9 Å². The summed E-state index contributed by atoms with van der Waals surface area (Å²) in [6.07, 6.45) is 1.65. The van der Waals surface area contributed by atoms with E-state index in [0.717, 1.165) is 22.4 Å². The number of benzene rings is 3. The van der Waals surface area contributed by atoms with E-state index >= 15 is 0 Å². The van der Waals surface area contributed by atoms with Crippen molar-refractivity contribution in [3.63, 3.8) is 0 Å². The van der Waals surface area contributed by atoms with Gasteiger partial charge in [-0.2, -0.15) is 5.10 Å². The molecule has 144 valence electrons. The number of rotatable bonds is 8. The summed E-state index contributed by atoms with van der Waals surface area (Å²) in [5.41, 5.74) is 5.61. The largest absolute Gasteiger partial charge is 0.496 e. The van der Waals surface area contributed by atoms with Gasteiger partial charge < -0.3 is 14.9 Å². The molecule has 1 N–H and O–H groups in total. The number of para-hydroxylation sites is 1. The molecule has 0 fully saturated rings. The Kier molecular flexibility index (Phi) is 6.87. The topological polar surface area (TPSA) is 42.8 Å². The van der Waals surface area contributed by atoms with Crippen molar-refractivity contribution < 1.29 is 13.9 Å². The summed E-state index contributed by atoms with van der Waals surface area (Å²) in [5.74, 6) is 1.16. The van der Waals surface area contributed by atoms with Gasteiger partial charge in [-0.05, 0) is 42.0 Å². The van der Waals surface area contributed by atoms with Crippen LogP contribution in [0.15, 0.2) is 71.8 Å². The van der Waals surface area contributed by atoms with Crippen molar-refractivity contribution in [3.8, 4) is 11.5 Å². The molecule has 0 aromatic heterocycles. The van der Waals surface area contributed by atoms with Gasteiger partial charge in [0.2, 0.25) is 0 Å². The zero-order valence-corrected chi connectivity index (χ0v) is 16.1. The quantitative estimate of drug-likeness (QED) is 0.419. The molecule has 0 atom stereocenters. The number of halogens is 2. The summed E-state index contributed by atoms with van der Waals surface area (Å²) in [5, 5.41) is 4.85. The number of methoxy groups -OCH3 is 1. The molecule has 28 heavy (non-hydrogen) atoms. The van der Waals surface area contributed by atoms with Crippen LogP contribution in [0.1, 0.15) is 16.7 Å². The molecule has 4 nitrogen and oxygen atoms in total. The molecule has 0 amide bonds. The van der Waals surface area contributed by atoms with E-state index in [1.807, 2.05) is 24.3 Å². The maximum atomic E-state index is 13.0. The molecule has 3 aromatic rings. The van der Waals surface area contributed by atoms with E-state index in [1.165, 1.54) is 12.1 Å². The molecule has 6 heteroatoms. The number of hydrogen-bond acceptors (Lipinski definition) is 4. The Hall–Kier alpha value is -3.05. The van der Waals surface area contributed by atoms with Gasteiger partial charge in [0.1, 0.15) is 23.9 Å². The number of nitrogens with one attached hydrogen (secondary N) is 1. The van der Waals surface area contributed by atoms with Crippen LogP contribution >= 0.6 is 11.6 Å². The minimum absolute atomic E-state index is 0.274. The van der Waals surface area contributed by atoms with Gasteiger partial charge in [-0.1, -0.05) is 41.9 Å². The monoisotopic (exact) mass is 398 g/mol. The minimum atomic E-state index is -0.274. The highest BCUT2D eigenvalue weighted by molar-refractivity contribution is 6.30. The fourth-order valence-corrected chi connectivity index (χ4v) is 2.77. The molecule has 0 unspecified atom stereocenters. The van der Waals surface area contributed by atoms with Crippen molar-refractivity contribution in [3.05, 3.63) is 94.3 Å². The average Bonchev–Trinajstić information content (AvgIpc) is 2.72. The van der Waals surface area contributed by atoms with E-state index in [-0.39, 0.29) is 5.82 Å². The number of hydrogen-bond donors (Lipinski definition) is 1. The molecule has 0 aliphatic carbocycles. The lowest BCUT2D eigenvalue weighted by Crippen LogP contribution is -2.07. The number of ether oxygens (including phenoxy) is 2. The lowest BCUT2D eigenvalue weighted by Gasteiger charge is -2.10. The molecule has 0 radical (unpaired) electrons. The van der Waals surface area contributed by atoms with Crippen LogP contribution in [-0.4, -0.2) is 13.3 Å². The third kappa shape index (κ3) is 5.47. The first-order chi connectivity index (χ1) is 13.7. The Labute approximate surface area is 168 Å².